The first-order valence-electron chi connectivity index (χ1n) is 6.50. The number of nitrogens with zero attached hydrogens (tertiary/aromatic N) is 1. The molecule has 1 aromatic heterocycles. The molecule has 1 unspecified atom stereocenters. The van der Waals surface area contributed by atoms with Gasteiger partial charge in [0, 0.05) is 24.1 Å². The molecule has 1 aliphatic carbocycles. The van der Waals surface area contributed by atoms with E-state index in [0.717, 1.165) is 29.2 Å². The minimum absolute atomic E-state index is 0.108. The van der Waals surface area contributed by atoms with Crippen LogP contribution in [0.3, 0.4) is 0 Å². The lowest BCUT2D eigenvalue weighted by Crippen LogP contribution is -2.18. The van der Waals surface area contributed by atoms with Gasteiger partial charge in [-0.2, -0.15) is 5.10 Å². The van der Waals surface area contributed by atoms with Crippen molar-refractivity contribution in [1.82, 2.24) is 10.2 Å². The van der Waals surface area contributed by atoms with Gasteiger partial charge in [0.15, 0.2) is 5.78 Å². The molecule has 3 rings (SSSR count). The van der Waals surface area contributed by atoms with Crippen LogP contribution >= 0.6 is 0 Å². The molecule has 1 heterocycles. The van der Waals surface area contributed by atoms with E-state index in [-0.39, 0.29) is 11.7 Å². The molecule has 104 valence electrons. The van der Waals surface area contributed by atoms with Gasteiger partial charge in [-0.3, -0.25) is 9.89 Å². The average Bonchev–Trinajstić information content (AvgIpc) is 2.95. The zero-order valence-corrected chi connectivity index (χ0v) is 11.5. The third-order valence-electron chi connectivity index (χ3n) is 3.78. The van der Waals surface area contributed by atoms with Gasteiger partial charge in [-0.05, 0) is 18.1 Å². The van der Waals surface area contributed by atoms with E-state index in [9.17, 15) is 4.79 Å². The van der Waals surface area contributed by atoms with E-state index in [0.29, 0.717) is 12.0 Å². The second-order valence-corrected chi connectivity index (χ2v) is 4.90. The van der Waals surface area contributed by atoms with E-state index >= 15 is 0 Å². The fourth-order valence-electron chi connectivity index (χ4n) is 2.74. The molecule has 0 fully saturated rings. The predicted octanol–water partition coefficient (Wildman–Crippen LogP) is 2.34. The van der Waals surface area contributed by atoms with Crippen molar-refractivity contribution in [3.63, 3.8) is 0 Å². The van der Waals surface area contributed by atoms with Crippen molar-refractivity contribution < 1.29 is 14.3 Å². The number of fused-ring (bicyclic) bond motifs is 1. The van der Waals surface area contributed by atoms with Crippen molar-refractivity contribution in [2.45, 2.75) is 18.8 Å². The standard InChI is InChI=1S/C15H16N2O3/c1-19-10-3-4-11(15(7-10)20-2)9-5-13-12(8-16-17-13)14(18)6-9/h3-4,7-9H,5-6H2,1-2H3,(H,16,17). The van der Waals surface area contributed by atoms with Crippen molar-refractivity contribution in [3.05, 3.63) is 41.2 Å². The highest BCUT2D eigenvalue weighted by molar-refractivity contribution is 5.98. The summed E-state index contributed by atoms with van der Waals surface area (Å²) in [6.45, 7) is 0. The number of hydrogen-bond acceptors (Lipinski definition) is 4. The van der Waals surface area contributed by atoms with Gasteiger partial charge in [0.2, 0.25) is 0 Å². The van der Waals surface area contributed by atoms with E-state index in [1.54, 1.807) is 20.4 Å². The Morgan fingerprint density at radius 2 is 2.10 bits per heavy atom. The Kier molecular flexibility index (Phi) is 3.18. The Bertz CT molecular complexity index is 648. The quantitative estimate of drug-likeness (QED) is 0.931. The van der Waals surface area contributed by atoms with Crippen LogP contribution in [0.15, 0.2) is 24.4 Å². The van der Waals surface area contributed by atoms with Crippen LogP contribution in [0.5, 0.6) is 11.5 Å². The molecule has 1 N–H and O–H groups in total. The van der Waals surface area contributed by atoms with Crippen LogP contribution in [0.2, 0.25) is 0 Å². The lowest BCUT2D eigenvalue weighted by atomic mass is 9.82. The molecule has 2 aromatic rings. The normalized spacial score (nSPS) is 17.7. The number of aromatic nitrogens is 2. The number of carbonyl (C=O) groups is 1. The summed E-state index contributed by atoms with van der Waals surface area (Å²) in [4.78, 5) is 12.1. The smallest absolute Gasteiger partial charge is 0.166 e. The second-order valence-electron chi connectivity index (χ2n) is 4.90. The molecule has 0 spiro atoms. The summed E-state index contributed by atoms with van der Waals surface area (Å²) < 4.78 is 10.6. The maximum atomic E-state index is 12.1. The van der Waals surface area contributed by atoms with Crippen LogP contribution in [0, 0.1) is 0 Å². The molecule has 0 bridgehead atoms. The molecule has 0 saturated carbocycles. The van der Waals surface area contributed by atoms with Crippen molar-refractivity contribution >= 4 is 5.78 Å². The first-order chi connectivity index (χ1) is 9.72. The highest BCUT2D eigenvalue weighted by atomic mass is 16.5. The number of ketones is 1. The monoisotopic (exact) mass is 272 g/mol. The van der Waals surface area contributed by atoms with Crippen molar-refractivity contribution in [3.8, 4) is 11.5 Å². The van der Waals surface area contributed by atoms with Gasteiger partial charge in [-0.1, -0.05) is 6.07 Å². The molecular weight excluding hydrogens is 256 g/mol. The molecule has 20 heavy (non-hydrogen) atoms. The topological polar surface area (TPSA) is 64.2 Å². The molecule has 1 atom stereocenters. The van der Waals surface area contributed by atoms with Gasteiger partial charge in [0.05, 0.1) is 26.0 Å². The fraction of sp³-hybridized carbons (Fsp3) is 0.333. The lowest BCUT2D eigenvalue weighted by Gasteiger charge is -2.23. The molecule has 0 saturated heterocycles. The zero-order valence-electron chi connectivity index (χ0n) is 11.5. The number of Topliss-reactive ketones (excluding diaryl/α,β-unsaturated/α-hetero) is 1. The summed E-state index contributed by atoms with van der Waals surface area (Å²) in [5.41, 5.74) is 2.65. The molecule has 0 amide bonds. The van der Waals surface area contributed by atoms with E-state index in [2.05, 4.69) is 10.2 Å². The van der Waals surface area contributed by atoms with E-state index < -0.39 is 0 Å². The summed E-state index contributed by atoms with van der Waals surface area (Å²) in [7, 11) is 3.25. The number of benzene rings is 1. The molecule has 5 nitrogen and oxygen atoms in total. The minimum Gasteiger partial charge on any atom is -0.497 e. The molecular formula is C15H16N2O3. The number of ether oxygens (including phenoxy) is 2. The van der Waals surface area contributed by atoms with Gasteiger partial charge in [-0.25, -0.2) is 0 Å². The van der Waals surface area contributed by atoms with Crippen molar-refractivity contribution in [2.75, 3.05) is 14.2 Å². The Morgan fingerprint density at radius 3 is 2.85 bits per heavy atom. The Morgan fingerprint density at radius 1 is 1.25 bits per heavy atom. The highest BCUT2D eigenvalue weighted by Crippen LogP contribution is 2.37. The molecule has 1 aliphatic rings. The van der Waals surface area contributed by atoms with Crippen LogP contribution in [0.1, 0.15) is 34.0 Å². The predicted molar refractivity (Wildman–Crippen MR) is 73.5 cm³/mol. The number of nitrogens with one attached hydrogen (secondary N) is 1. The fourth-order valence-corrected chi connectivity index (χ4v) is 2.74. The third kappa shape index (κ3) is 2.05. The maximum absolute atomic E-state index is 12.1. The van der Waals surface area contributed by atoms with Crippen LogP contribution in [0.4, 0.5) is 0 Å². The SMILES string of the molecule is COc1ccc(C2CC(=O)c3cn[nH]c3C2)c(OC)c1. The Balaban J connectivity index is 1.96. The van der Waals surface area contributed by atoms with Crippen LogP contribution < -0.4 is 9.47 Å². The summed E-state index contributed by atoms with van der Waals surface area (Å²) >= 11 is 0. The maximum Gasteiger partial charge on any atom is 0.166 e. The average molecular weight is 272 g/mol. The number of H-pyrrole nitrogens is 1. The number of rotatable bonds is 3. The highest BCUT2D eigenvalue weighted by Gasteiger charge is 2.29. The zero-order chi connectivity index (χ0) is 14.1. The summed E-state index contributed by atoms with van der Waals surface area (Å²) in [6.07, 6.45) is 2.86. The van der Waals surface area contributed by atoms with Gasteiger partial charge in [-0.15, -0.1) is 0 Å². The van der Waals surface area contributed by atoms with Crippen molar-refractivity contribution in [2.24, 2.45) is 0 Å². The van der Waals surface area contributed by atoms with Crippen LogP contribution in [0.25, 0.3) is 0 Å². The first-order valence-corrected chi connectivity index (χ1v) is 6.50. The van der Waals surface area contributed by atoms with E-state index in [1.807, 2.05) is 18.2 Å². The van der Waals surface area contributed by atoms with Crippen LogP contribution in [-0.4, -0.2) is 30.2 Å². The summed E-state index contributed by atoms with van der Waals surface area (Å²) in [5, 5.41) is 6.87. The van der Waals surface area contributed by atoms with Crippen molar-refractivity contribution in [1.29, 1.82) is 0 Å². The summed E-state index contributed by atoms with van der Waals surface area (Å²) in [5.74, 6) is 1.74. The largest absolute Gasteiger partial charge is 0.497 e. The number of hydrogen-bond donors (Lipinski definition) is 1. The van der Waals surface area contributed by atoms with Gasteiger partial charge in [0.25, 0.3) is 0 Å². The third-order valence-corrected chi connectivity index (χ3v) is 3.78. The molecule has 5 heteroatoms. The number of methoxy groups -OCH3 is 2. The van der Waals surface area contributed by atoms with Gasteiger partial charge in [0.1, 0.15) is 11.5 Å². The molecule has 1 aromatic carbocycles. The minimum atomic E-state index is 0.108. The molecule has 0 aliphatic heterocycles. The van der Waals surface area contributed by atoms with Gasteiger partial charge < -0.3 is 9.47 Å². The first kappa shape index (κ1) is 12.7. The van der Waals surface area contributed by atoms with E-state index in [1.165, 1.54) is 0 Å². The van der Waals surface area contributed by atoms with Crippen LogP contribution in [-0.2, 0) is 6.42 Å². The lowest BCUT2D eigenvalue weighted by molar-refractivity contribution is 0.0964. The Hall–Kier alpha value is -2.30. The number of aromatic amines is 1. The number of carbonyl (C=O) groups excluding carboxylic acids is 1. The second kappa shape index (κ2) is 5.00. The van der Waals surface area contributed by atoms with E-state index in [4.69, 9.17) is 9.47 Å². The summed E-state index contributed by atoms with van der Waals surface area (Å²) in [6, 6.07) is 5.71. The molecule has 0 radical (unpaired) electrons. The Labute approximate surface area is 116 Å². The van der Waals surface area contributed by atoms with Gasteiger partial charge >= 0.3 is 0 Å².